The van der Waals surface area contributed by atoms with Crippen molar-refractivity contribution in [1.82, 2.24) is 9.71 Å². The zero-order valence-corrected chi connectivity index (χ0v) is 11.7. The number of pyridine rings is 1. The van der Waals surface area contributed by atoms with Crippen molar-refractivity contribution in [3.05, 3.63) is 18.5 Å². The van der Waals surface area contributed by atoms with E-state index in [4.69, 9.17) is 0 Å². The summed E-state index contributed by atoms with van der Waals surface area (Å²) in [5, 5.41) is 2.86. The van der Waals surface area contributed by atoms with Gasteiger partial charge in [0.25, 0.3) is 0 Å². The molecule has 0 aliphatic carbocycles. The van der Waals surface area contributed by atoms with Crippen LogP contribution in [-0.2, 0) is 10.0 Å². The molecule has 1 aromatic rings. The second-order valence-corrected chi connectivity index (χ2v) is 5.75. The molecule has 0 fully saturated rings. The van der Waals surface area contributed by atoms with Gasteiger partial charge in [0.2, 0.25) is 10.0 Å². The maximum Gasteiger partial charge on any atom is 0.389 e. The van der Waals surface area contributed by atoms with E-state index < -0.39 is 22.6 Å². The number of hydrogen-bond acceptors (Lipinski definition) is 4. The summed E-state index contributed by atoms with van der Waals surface area (Å²) in [6.45, 7) is 2.04. The predicted octanol–water partition coefficient (Wildman–Crippen LogP) is 2.13. The Bertz CT molecular complexity index is 532. The van der Waals surface area contributed by atoms with E-state index in [1.54, 1.807) is 6.92 Å². The molecule has 0 amide bonds. The topological polar surface area (TPSA) is 71.1 Å². The molecule has 1 rings (SSSR count). The van der Waals surface area contributed by atoms with Gasteiger partial charge in [0, 0.05) is 31.9 Å². The van der Waals surface area contributed by atoms with Crippen LogP contribution in [0.3, 0.4) is 0 Å². The Balaban J connectivity index is 2.69. The average Bonchev–Trinajstić information content (AvgIpc) is 2.35. The smallest absolute Gasteiger partial charge is 0.384 e. The molecule has 0 unspecified atom stereocenters. The van der Waals surface area contributed by atoms with Crippen molar-refractivity contribution < 1.29 is 21.6 Å². The van der Waals surface area contributed by atoms with Crippen LogP contribution in [0.2, 0.25) is 0 Å². The maximum absolute atomic E-state index is 12.0. The first-order valence-corrected chi connectivity index (χ1v) is 7.49. The van der Waals surface area contributed by atoms with Gasteiger partial charge in [0.05, 0.1) is 5.69 Å². The highest BCUT2D eigenvalue weighted by molar-refractivity contribution is 7.89. The number of rotatable bonds is 7. The van der Waals surface area contributed by atoms with Crippen LogP contribution < -0.4 is 10.0 Å². The van der Waals surface area contributed by atoms with Crippen molar-refractivity contribution in [3.8, 4) is 0 Å². The SMILES string of the molecule is CCNc1ccncc1S(=O)(=O)NCCCC(F)(F)F. The van der Waals surface area contributed by atoms with Gasteiger partial charge in [-0.3, -0.25) is 4.98 Å². The molecule has 2 N–H and O–H groups in total. The Hall–Kier alpha value is -1.35. The minimum atomic E-state index is -4.28. The van der Waals surface area contributed by atoms with Crippen molar-refractivity contribution in [2.45, 2.75) is 30.8 Å². The van der Waals surface area contributed by atoms with Crippen molar-refractivity contribution in [3.63, 3.8) is 0 Å². The zero-order valence-electron chi connectivity index (χ0n) is 10.9. The van der Waals surface area contributed by atoms with Crippen LogP contribution in [0.25, 0.3) is 0 Å². The number of anilines is 1. The van der Waals surface area contributed by atoms with Gasteiger partial charge < -0.3 is 5.32 Å². The molecule has 0 saturated carbocycles. The van der Waals surface area contributed by atoms with Crippen LogP contribution in [0, 0.1) is 0 Å². The molecule has 114 valence electrons. The number of nitrogens with zero attached hydrogens (tertiary/aromatic N) is 1. The molecule has 1 aromatic heterocycles. The van der Waals surface area contributed by atoms with Crippen LogP contribution in [0.15, 0.2) is 23.4 Å². The largest absolute Gasteiger partial charge is 0.389 e. The molecule has 0 atom stereocenters. The summed E-state index contributed by atoms with van der Waals surface area (Å²) in [5.41, 5.74) is 0.367. The van der Waals surface area contributed by atoms with Crippen LogP contribution in [0.1, 0.15) is 19.8 Å². The molecular formula is C11H16F3N3O2S. The summed E-state index contributed by atoms with van der Waals surface area (Å²) >= 11 is 0. The van der Waals surface area contributed by atoms with E-state index in [0.29, 0.717) is 12.2 Å². The molecule has 0 saturated heterocycles. The highest BCUT2D eigenvalue weighted by Crippen LogP contribution is 2.22. The monoisotopic (exact) mass is 311 g/mol. The third kappa shape index (κ3) is 5.33. The van der Waals surface area contributed by atoms with E-state index in [-0.39, 0.29) is 17.9 Å². The highest BCUT2D eigenvalue weighted by atomic mass is 32.2. The fourth-order valence-electron chi connectivity index (χ4n) is 1.50. The van der Waals surface area contributed by atoms with Gasteiger partial charge in [-0.25, -0.2) is 13.1 Å². The Morgan fingerprint density at radius 1 is 1.35 bits per heavy atom. The lowest BCUT2D eigenvalue weighted by atomic mass is 10.3. The van der Waals surface area contributed by atoms with Gasteiger partial charge in [0.15, 0.2) is 0 Å². The maximum atomic E-state index is 12.0. The number of halogens is 3. The highest BCUT2D eigenvalue weighted by Gasteiger charge is 2.26. The summed E-state index contributed by atoms with van der Waals surface area (Å²) in [6.07, 6.45) is -3.03. The van der Waals surface area contributed by atoms with Crippen LogP contribution in [0.5, 0.6) is 0 Å². The summed E-state index contributed by atoms with van der Waals surface area (Å²) in [5.74, 6) is 0. The first-order valence-electron chi connectivity index (χ1n) is 6.00. The van der Waals surface area contributed by atoms with E-state index >= 15 is 0 Å². The first kappa shape index (κ1) is 16.7. The summed E-state index contributed by atoms with van der Waals surface area (Å²) in [7, 11) is -3.87. The molecule has 0 aromatic carbocycles. The van der Waals surface area contributed by atoms with E-state index in [1.165, 1.54) is 12.3 Å². The molecule has 5 nitrogen and oxygen atoms in total. The molecule has 9 heteroatoms. The quantitative estimate of drug-likeness (QED) is 0.757. The lowest BCUT2D eigenvalue weighted by Gasteiger charge is -2.12. The zero-order chi connectivity index (χ0) is 15.2. The minimum absolute atomic E-state index is 0.0751. The molecule has 0 radical (unpaired) electrons. The molecule has 0 aliphatic rings. The second-order valence-electron chi connectivity index (χ2n) is 4.02. The Kier molecular flexibility index (Phi) is 5.75. The Labute approximate surface area is 115 Å². The van der Waals surface area contributed by atoms with Gasteiger partial charge >= 0.3 is 6.18 Å². The lowest BCUT2D eigenvalue weighted by molar-refractivity contribution is -0.135. The third-order valence-electron chi connectivity index (χ3n) is 2.37. The minimum Gasteiger partial charge on any atom is -0.384 e. The molecule has 20 heavy (non-hydrogen) atoms. The number of aromatic nitrogens is 1. The van der Waals surface area contributed by atoms with Gasteiger partial charge in [-0.1, -0.05) is 0 Å². The normalized spacial score (nSPS) is 12.4. The standard InChI is InChI=1S/C11H16F3N3O2S/c1-2-16-9-4-7-15-8-10(9)20(18,19)17-6-3-5-11(12,13)14/h4,7-8,17H,2-3,5-6H2,1H3,(H,15,16). The van der Waals surface area contributed by atoms with Crippen LogP contribution >= 0.6 is 0 Å². The number of sulfonamides is 1. The predicted molar refractivity (Wildman–Crippen MR) is 68.9 cm³/mol. The molecular weight excluding hydrogens is 295 g/mol. The Morgan fingerprint density at radius 3 is 2.65 bits per heavy atom. The van der Waals surface area contributed by atoms with Gasteiger partial charge in [-0.15, -0.1) is 0 Å². The van der Waals surface area contributed by atoms with Crippen molar-refractivity contribution in [2.75, 3.05) is 18.4 Å². The molecule has 0 aliphatic heterocycles. The number of alkyl halides is 3. The summed E-state index contributed by atoms with van der Waals surface area (Å²) < 4.78 is 62.0. The fraction of sp³-hybridized carbons (Fsp3) is 0.545. The van der Waals surface area contributed by atoms with Gasteiger partial charge in [-0.2, -0.15) is 13.2 Å². The van der Waals surface area contributed by atoms with E-state index in [0.717, 1.165) is 6.20 Å². The van der Waals surface area contributed by atoms with Crippen LogP contribution in [-0.4, -0.2) is 32.7 Å². The van der Waals surface area contributed by atoms with Crippen molar-refractivity contribution in [1.29, 1.82) is 0 Å². The lowest BCUT2D eigenvalue weighted by Crippen LogP contribution is -2.26. The summed E-state index contributed by atoms with van der Waals surface area (Å²) in [4.78, 5) is 3.65. The Morgan fingerprint density at radius 2 is 2.05 bits per heavy atom. The molecule has 0 spiro atoms. The average molecular weight is 311 g/mol. The first-order chi connectivity index (χ1) is 9.26. The van der Waals surface area contributed by atoms with Crippen molar-refractivity contribution in [2.24, 2.45) is 0 Å². The van der Waals surface area contributed by atoms with E-state index in [9.17, 15) is 21.6 Å². The van der Waals surface area contributed by atoms with Gasteiger partial charge in [-0.05, 0) is 19.4 Å². The van der Waals surface area contributed by atoms with Crippen LogP contribution in [0.4, 0.5) is 18.9 Å². The fourth-order valence-corrected chi connectivity index (χ4v) is 2.70. The molecule has 1 heterocycles. The van der Waals surface area contributed by atoms with E-state index in [1.807, 2.05) is 0 Å². The third-order valence-corrected chi connectivity index (χ3v) is 3.86. The second kappa shape index (κ2) is 6.89. The summed E-state index contributed by atoms with van der Waals surface area (Å²) in [6, 6.07) is 1.49. The van der Waals surface area contributed by atoms with E-state index in [2.05, 4.69) is 15.0 Å². The van der Waals surface area contributed by atoms with Gasteiger partial charge in [0.1, 0.15) is 4.90 Å². The number of hydrogen-bond donors (Lipinski definition) is 2. The van der Waals surface area contributed by atoms with Crippen molar-refractivity contribution >= 4 is 15.7 Å². The number of nitrogens with one attached hydrogen (secondary N) is 2. The molecule has 0 bridgehead atoms.